The Morgan fingerprint density at radius 1 is 1.13 bits per heavy atom. The number of benzene rings is 2. The molecule has 0 spiro atoms. The highest BCUT2D eigenvalue weighted by Gasteiger charge is 2.19. The first-order valence-electron chi connectivity index (χ1n) is 10.1. The fourth-order valence-corrected chi connectivity index (χ4v) is 4.36. The first-order valence-corrected chi connectivity index (χ1v) is 10.9. The van der Waals surface area contributed by atoms with Gasteiger partial charge in [-0.15, -0.1) is 0 Å². The first-order chi connectivity index (χ1) is 14.7. The van der Waals surface area contributed by atoms with Crippen LogP contribution in [0.2, 0.25) is 0 Å². The monoisotopic (exact) mass is 423 g/mol. The molecule has 0 saturated carbocycles. The van der Waals surface area contributed by atoms with Crippen LogP contribution in [0, 0.1) is 0 Å². The molecular weight excluding hydrogens is 398 g/mol. The maximum Gasteiger partial charge on any atom is 0.257 e. The molecule has 1 aliphatic heterocycles. The minimum atomic E-state index is -0.177. The van der Waals surface area contributed by atoms with E-state index in [0.717, 1.165) is 54.7 Å². The number of nitrogens with zero attached hydrogens (tertiary/aromatic N) is 2. The van der Waals surface area contributed by atoms with E-state index in [4.69, 9.17) is 14.5 Å². The predicted molar refractivity (Wildman–Crippen MR) is 119 cm³/mol. The SMILES string of the molecule is CCOc1ccc(C(=O)Nc2nc(-c3ccccc3)c(CN3CCOCC3)s2)cc1. The normalized spacial score (nSPS) is 14.4. The highest BCUT2D eigenvalue weighted by molar-refractivity contribution is 7.16. The van der Waals surface area contributed by atoms with Crippen molar-refractivity contribution in [3.63, 3.8) is 0 Å². The number of amides is 1. The van der Waals surface area contributed by atoms with Gasteiger partial charge in [0, 0.05) is 35.6 Å². The standard InChI is InChI=1S/C23H25N3O3S/c1-2-29-19-10-8-18(9-11-19)22(27)25-23-24-21(17-6-4-3-5-7-17)20(30-23)16-26-12-14-28-15-13-26/h3-11H,2,12-16H2,1H3,(H,24,25,27). The fourth-order valence-electron chi connectivity index (χ4n) is 3.33. The quantitative estimate of drug-likeness (QED) is 0.614. The largest absolute Gasteiger partial charge is 0.494 e. The number of thiazole rings is 1. The van der Waals surface area contributed by atoms with E-state index in [1.54, 1.807) is 24.3 Å². The average molecular weight is 424 g/mol. The number of hydrogen-bond acceptors (Lipinski definition) is 6. The molecule has 0 atom stereocenters. The zero-order valence-corrected chi connectivity index (χ0v) is 17.8. The molecule has 4 rings (SSSR count). The molecule has 0 bridgehead atoms. The molecule has 156 valence electrons. The van der Waals surface area contributed by atoms with Gasteiger partial charge in [-0.3, -0.25) is 15.0 Å². The van der Waals surface area contributed by atoms with Gasteiger partial charge in [0.25, 0.3) is 5.91 Å². The van der Waals surface area contributed by atoms with E-state index < -0.39 is 0 Å². The molecule has 2 heterocycles. The Balaban J connectivity index is 1.54. The zero-order valence-electron chi connectivity index (χ0n) is 17.0. The molecule has 1 amide bonds. The number of rotatable bonds is 7. The molecule has 1 aromatic heterocycles. The lowest BCUT2D eigenvalue weighted by Crippen LogP contribution is -2.35. The van der Waals surface area contributed by atoms with Crippen molar-refractivity contribution in [3.8, 4) is 17.0 Å². The van der Waals surface area contributed by atoms with E-state index in [0.29, 0.717) is 17.3 Å². The van der Waals surface area contributed by atoms with Crippen molar-refractivity contribution in [1.82, 2.24) is 9.88 Å². The van der Waals surface area contributed by atoms with Crippen LogP contribution in [0.4, 0.5) is 5.13 Å². The van der Waals surface area contributed by atoms with E-state index in [1.165, 1.54) is 11.3 Å². The van der Waals surface area contributed by atoms with Crippen LogP contribution in [-0.4, -0.2) is 48.7 Å². The molecule has 3 aromatic rings. The number of nitrogens with one attached hydrogen (secondary N) is 1. The molecule has 0 radical (unpaired) electrons. The molecule has 1 saturated heterocycles. The van der Waals surface area contributed by atoms with Crippen LogP contribution in [0.25, 0.3) is 11.3 Å². The van der Waals surface area contributed by atoms with Crippen molar-refractivity contribution >= 4 is 22.4 Å². The summed E-state index contributed by atoms with van der Waals surface area (Å²) in [5, 5.41) is 3.57. The van der Waals surface area contributed by atoms with Gasteiger partial charge in [0.1, 0.15) is 5.75 Å². The average Bonchev–Trinajstić information content (AvgIpc) is 3.17. The number of aromatic nitrogens is 1. The Labute approximate surface area is 180 Å². The third-order valence-corrected chi connectivity index (χ3v) is 5.82. The fraction of sp³-hybridized carbons (Fsp3) is 0.304. The Morgan fingerprint density at radius 2 is 1.87 bits per heavy atom. The Bertz CT molecular complexity index is 967. The van der Waals surface area contributed by atoms with Gasteiger partial charge < -0.3 is 9.47 Å². The van der Waals surface area contributed by atoms with E-state index >= 15 is 0 Å². The van der Waals surface area contributed by atoms with Gasteiger partial charge in [-0.1, -0.05) is 41.7 Å². The summed E-state index contributed by atoms with van der Waals surface area (Å²) in [7, 11) is 0. The first kappa shape index (κ1) is 20.5. The van der Waals surface area contributed by atoms with Gasteiger partial charge in [-0.05, 0) is 31.2 Å². The summed E-state index contributed by atoms with van der Waals surface area (Å²) in [6.45, 7) is 6.63. The minimum Gasteiger partial charge on any atom is -0.494 e. The van der Waals surface area contributed by atoms with Gasteiger partial charge in [0.2, 0.25) is 0 Å². The van der Waals surface area contributed by atoms with E-state index in [9.17, 15) is 4.79 Å². The Morgan fingerprint density at radius 3 is 2.57 bits per heavy atom. The van der Waals surface area contributed by atoms with Crippen LogP contribution in [0.15, 0.2) is 54.6 Å². The van der Waals surface area contributed by atoms with Gasteiger partial charge >= 0.3 is 0 Å². The minimum absolute atomic E-state index is 0.177. The van der Waals surface area contributed by atoms with Crippen LogP contribution < -0.4 is 10.1 Å². The Hall–Kier alpha value is -2.74. The lowest BCUT2D eigenvalue weighted by molar-refractivity contribution is 0.0347. The lowest BCUT2D eigenvalue weighted by atomic mass is 10.1. The summed E-state index contributed by atoms with van der Waals surface area (Å²) in [5.41, 5.74) is 2.55. The number of morpholine rings is 1. The number of carbonyl (C=O) groups is 1. The van der Waals surface area contributed by atoms with Crippen LogP contribution in [0.1, 0.15) is 22.2 Å². The molecular formula is C23H25N3O3S. The highest BCUT2D eigenvalue weighted by atomic mass is 32.1. The topological polar surface area (TPSA) is 63.7 Å². The van der Waals surface area contributed by atoms with Crippen molar-refractivity contribution in [2.75, 3.05) is 38.2 Å². The second kappa shape index (κ2) is 9.84. The second-order valence-corrected chi connectivity index (χ2v) is 8.04. The summed E-state index contributed by atoms with van der Waals surface area (Å²) in [6.07, 6.45) is 0. The van der Waals surface area contributed by atoms with Crippen LogP contribution in [0.5, 0.6) is 5.75 Å². The van der Waals surface area contributed by atoms with Gasteiger partial charge in [0.15, 0.2) is 5.13 Å². The number of anilines is 1. The van der Waals surface area contributed by atoms with Crippen molar-refractivity contribution in [1.29, 1.82) is 0 Å². The number of hydrogen-bond donors (Lipinski definition) is 1. The third-order valence-electron chi connectivity index (χ3n) is 4.86. The molecule has 7 heteroatoms. The van der Waals surface area contributed by atoms with Gasteiger partial charge in [-0.2, -0.15) is 0 Å². The molecule has 1 aliphatic rings. The van der Waals surface area contributed by atoms with E-state index in [-0.39, 0.29) is 5.91 Å². The van der Waals surface area contributed by atoms with Gasteiger partial charge in [0.05, 0.1) is 25.5 Å². The van der Waals surface area contributed by atoms with E-state index in [2.05, 4.69) is 22.3 Å². The van der Waals surface area contributed by atoms with Gasteiger partial charge in [-0.25, -0.2) is 4.98 Å². The van der Waals surface area contributed by atoms with Crippen LogP contribution in [-0.2, 0) is 11.3 Å². The number of ether oxygens (including phenoxy) is 2. The molecule has 2 aromatic carbocycles. The molecule has 1 fully saturated rings. The zero-order chi connectivity index (χ0) is 20.8. The predicted octanol–water partition coefficient (Wildman–Crippen LogP) is 4.29. The highest BCUT2D eigenvalue weighted by Crippen LogP contribution is 2.32. The van der Waals surface area contributed by atoms with Crippen LogP contribution >= 0.6 is 11.3 Å². The summed E-state index contributed by atoms with van der Waals surface area (Å²) in [4.78, 5) is 21.0. The molecule has 0 aliphatic carbocycles. The summed E-state index contributed by atoms with van der Waals surface area (Å²) in [6, 6.07) is 17.2. The lowest BCUT2D eigenvalue weighted by Gasteiger charge is -2.26. The molecule has 30 heavy (non-hydrogen) atoms. The van der Waals surface area contributed by atoms with E-state index in [1.807, 2.05) is 25.1 Å². The summed E-state index contributed by atoms with van der Waals surface area (Å²) < 4.78 is 10.9. The smallest absolute Gasteiger partial charge is 0.257 e. The summed E-state index contributed by atoms with van der Waals surface area (Å²) >= 11 is 1.53. The maximum absolute atomic E-state index is 12.7. The molecule has 6 nitrogen and oxygen atoms in total. The molecule has 0 unspecified atom stereocenters. The van der Waals surface area contributed by atoms with Crippen molar-refractivity contribution in [3.05, 3.63) is 65.0 Å². The van der Waals surface area contributed by atoms with Crippen molar-refractivity contribution < 1.29 is 14.3 Å². The Kier molecular flexibility index (Phi) is 6.74. The summed E-state index contributed by atoms with van der Waals surface area (Å²) in [5.74, 6) is 0.576. The van der Waals surface area contributed by atoms with Crippen molar-refractivity contribution in [2.45, 2.75) is 13.5 Å². The molecule has 1 N–H and O–H groups in total. The van der Waals surface area contributed by atoms with Crippen molar-refractivity contribution in [2.24, 2.45) is 0 Å². The second-order valence-electron chi connectivity index (χ2n) is 6.96. The van der Waals surface area contributed by atoms with Crippen LogP contribution in [0.3, 0.4) is 0 Å². The third kappa shape index (κ3) is 5.05. The number of carbonyl (C=O) groups excluding carboxylic acids is 1. The maximum atomic E-state index is 12.7.